The Hall–Kier alpha value is -2.01. The number of thioether (sulfide) groups is 1. The topological polar surface area (TPSA) is 38.3 Å². The number of amides is 1. The van der Waals surface area contributed by atoms with E-state index in [1.165, 1.54) is 19.2 Å². The van der Waals surface area contributed by atoms with Gasteiger partial charge < -0.3 is 10.1 Å². The molecule has 0 aliphatic carbocycles. The Labute approximate surface area is 127 Å². The molecule has 1 N–H and O–H groups in total. The quantitative estimate of drug-likeness (QED) is 0.855. The molecule has 0 spiro atoms. The minimum absolute atomic E-state index is 0.116. The van der Waals surface area contributed by atoms with Gasteiger partial charge in [-0.2, -0.15) is 0 Å². The third-order valence-electron chi connectivity index (χ3n) is 2.95. The van der Waals surface area contributed by atoms with Crippen molar-refractivity contribution in [1.29, 1.82) is 0 Å². The van der Waals surface area contributed by atoms with E-state index in [-0.39, 0.29) is 18.1 Å². The molecule has 0 fully saturated rings. The summed E-state index contributed by atoms with van der Waals surface area (Å²) < 4.78 is 18.4. The molecule has 2 rings (SSSR count). The molecule has 0 aliphatic rings. The van der Waals surface area contributed by atoms with Gasteiger partial charge in [-0.25, -0.2) is 4.39 Å². The number of ether oxygens (including phenoxy) is 1. The standard InChI is InChI=1S/C16H16FNO2S/c1-20-15-8-3-11(9-14(15)17)10-16(19)18-12-4-6-13(21-2)7-5-12/h3-9H,10H2,1-2H3,(H,18,19). The van der Waals surface area contributed by atoms with Gasteiger partial charge in [0.1, 0.15) is 0 Å². The molecule has 0 saturated carbocycles. The number of methoxy groups -OCH3 is 1. The predicted molar refractivity (Wildman–Crippen MR) is 83.5 cm³/mol. The summed E-state index contributed by atoms with van der Waals surface area (Å²) in [6, 6.07) is 12.1. The Bertz CT molecular complexity index is 629. The van der Waals surface area contributed by atoms with E-state index < -0.39 is 5.82 Å². The number of hydrogen-bond acceptors (Lipinski definition) is 3. The Morgan fingerprint density at radius 1 is 1.24 bits per heavy atom. The fourth-order valence-electron chi connectivity index (χ4n) is 1.88. The second kappa shape index (κ2) is 7.13. The van der Waals surface area contributed by atoms with Gasteiger partial charge in [0, 0.05) is 10.6 Å². The van der Waals surface area contributed by atoms with Crippen LogP contribution in [0.15, 0.2) is 47.4 Å². The molecular formula is C16H16FNO2S. The van der Waals surface area contributed by atoms with Gasteiger partial charge in [0.15, 0.2) is 11.6 Å². The zero-order valence-electron chi connectivity index (χ0n) is 11.9. The summed E-state index contributed by atoms with van der Waals surface area (Å²) in [5, 5.41) is 2.79. The molecular weight excluding hydrogens is 289 g/mol. The van der Waals surface area contributed by atoms with Crippen molar-refractivity contribution in [1.82, 2.24) is 0 Å². The molecule has 1 amide bonds. The summed E-state index contributed by atoms with van der Waals surface area (Å²) in [4.78, 5) is 13.1. The normalized spacial score (nSPS) is 10.2. The minimum Gasteiger partial charge on any atom is -0.494 e. The third kappa shape index (κ3) is 4.23. The monoisotopic (exact) mass is 305 g/mol. The first-order chi connectivity index (χ1) is 10.1. The average molecular weight is 305 g/mol. The fourth-order valence-corrected chi connectivity index (χ4v) is 2.29. The van der Waals surface area contributed by atoms with Gasteiger partial charge in [-0.05, 0) is 48.2 Å². The van der Waals surface area contributed by atoms with Gasteiger partial charge in [0.05, 0.1) is 13.5 Å². The highest BCUT2D eigenvalue weighted by molar-refractivity contribution is 7.98. The highest BCUT2D eigenvalue weighted by Crippen LogP contribution is 2.19. The zero-order chi connectivity index (χ0) is 15.2. The number of benzene rings is 2. The van der Waals surface area contributed by atoms with Gasteiger partial charge in [-0.15, -0.1) is 11.8 Å². The van der Waals surface area contributed by atoms with Crippen LogP contribution >= 0.6 is 11.8 Å². The first-order valence-corrected chi connectivity index (χ1v) is 7.61. The summed E-state index contributed by atoms with van der Waals surface area (Å²) in [7, 11) is 1.41. The van der Waals surface area contributed by atoms with Crippen molar-refractivity contribution in [2.45, 2.75) is 11.3 Å². The van der Waals surface area contributed by atoms with E-state index in [2.05, 4.69) is 5.32 Å². The van der Waals surface area contributed by atoms with Crippen LogP contribution in [0.4, 0.5) is 10.1 Å². The highest BCUT2D eigenvalue weighted by Gasteiger charge is 2.08. The molecule has 21 heavy (non-hydrogen) atoms. The molecule has 2 aromatic carbocycles. The summed E-state index contributed by atoms with van der Waals surface area (Å²) in [6.45, 7) is 0. The first kappa shape index (κ1) is 15.4. The van der Waals surface area contributed by atoms with E-state index >= 15 is 0 Å². The molecule has 0 aliphatic heterocycles. The van der Waals surface area contributed by atoms with Gasteiger partial charge >= 0.3 is 0 Å². The predicted octanol–water partition coefficient (Wildman–Crippen LogP) is 3.74. The Morgan fingerprint density at radius 3 is 2.52 bits per heavy atom. The van der Waals surface area contributed by atoms with Crippen LogP contribution in [-0.2, 0) is 11.2 Å². The number of halogens is 1. The van der Waals surface area contributed by atoms with Crippen LogP contribution in [-0.4, -0.2) is 19.3 Å². The van der Waals surface area contributed by atoms with E-state index in [0.29, 0.717) is 5.56 Å². The van der Waals surface area contributed by atoms with Crippen molar-refractivity contribution in [3.05, 3.63) is 53.8 Å². The summed E-state index contributed by atoms with van der Waals surface area (Å²) in [5.41, 5.74) is 1.33. The maximum absolute atomic E-state index is 13.6. The number of carbonyl (C=O) groups excluding carboxylic acids is 1. The summed E-state index contributed by atoms with van der Waals surface area (Å²) >= 11 is 1.64. The van der Waals surface area contributed by atoms with Crippen LogP contribution < -0.4 is 10.1 Å². The maximum atomic E-state index is 13.6. The van der Waals surface area contributed by atoms with E-state index in [1.807, 2.05) is 30.5 Å². The largest absolute Gasteiger partial charge is 0.494 e. The zero-order valence-corrected chi connectivity index (χ0v) is 12.7. The summed E-state index contributed by atoms with van der Waals surface area (Å²) in [5.74, 6) is -0.476. The second-order valence-electron chi connectivity index (χ2n) is 4.42. The van der Waals surface area contributed by atoms with Crippen LogP contribution in [0.25, 0.3) is 0 Å². The summed E-state index contributed by atoms with van der Waals surface area (Å²) in [6.07, 6.45) is 2.11. The van der Waals surface area contributed by atoms with E-state index in [1.54, 1.807) is 17.8 Å². The van der Waals surface area contributed by atoms with Crippen LogP contribution in [0.5, 0.6) is 5.75 Å². The molecule has 3 nitrogen and oxygen atoms in total. The molecule has 0 unspecified atom stereocenters. The average Bonchev–Trinajstić information content (AvgIpc) is 2.48. The molecule has 5 heteroatoms. The van der Waals surface area contributed by atoms with Crippen molar-refractivity contribution < 1.29 is 13.9 Å². The molecule has 0 atom stereocenters. The smallest absolute Gasteiger partial charge is 0.228 e. The van der Waals surface area contributed by atoms with Gasteiger partial charge in [0.25, 0.3) is 0 Å². The van der Waals surface area contributed by atoms with Crippen molar-refractivity contribution in [2.24, 2.45) is 0 Å². The maximum Gasteiger partial charge on any atom is 0.228 e. The van der Waals surface area contributed by atoms with E-state index in [0.717, 1.165) is 10.6 Å². The molecule has 0 heterocycles. The number of nitrogens with one attached hydrogen (secondary N) is 1. The van der Waals surface area contributed by atoms with Crippen LogP contribution in [0.3, 0.4) is 0 Å². The second-order valence-corrected chi connectivity index (χ2v) is 5.30. The molecule has 0 aromatic heterocycles. The fraction of sp³-hybridized carbons (Fsp3) is 0.188. The van der Waals surface area contributed by atoms with E-state index in [9.17, 15) is 9.18 Å². The SMILES string of the molecule is COc1ccc(CC(=O)Nc2ccc(SC)cc2)cc1F. The lowest BCUT2D eigenvalue weighted by Gasteiger charge is -2.07. The number of hydrogen-bond donors (Lipinski definition) is 1. The van der Waals surface area contributed by atoms with Gasteiger partial charge in [0.2, 0.25) is 5.91 Å². The Kier molecular flexibility index (Phi) is 5.22. The lowest BCUT2D eigenvalue weighted by Crippen LogP contribution is -2.14. The van der Waals surface area contributed by atoms with Gasteiger partial charge in [-0.1, -0.05) is 6.07 Å². The van der Waals surface area contributed by atoms with Gasteiger partial charge in [-0.3, -0.25) is 4.79 Å². The van der Waals surface area contributed by atoms with Crippen molar-refractivity contribution in [3.63, 3.8) is 0 Å². The number of carbonyl (C=O) groups is 1. The van der Waals surface area contributed by atoms with Crippen LogP contribution in [0.1, 0.15) is 5.56 Å². The van der Waals surface area contributed by atoms with Crippen molar-refractivity contribution in [2.75, 3.05) is 18.7 Å². The highest BCUT2D eigenvalue weighted by atomic mass is 32.2. The van der Waals surface area contributed by atoms with Crippen molar-refractivity contribution in [3.8, 4) is 5.75 Å². The lowest BCUT2D eigenvalue weighted by atomic mass is 10.1. The van der Waals surface area contributed by atoms with Crippen LogP contribution in [0.2, 0.25) is 0 Å². The Morgan fingerprint density at radius 2 is 1.95 bits per heavy atom. The van der Waals surface area contributed by atoms with E-state index in [4.69, 9.17) is 4.74 Å². The molecule has 0 bridgehead atoms. The molecule has 0 saturated heterocycles. The minimum atomic E-state index is -0.466. The number of rotatable bonds is 5. The number of anilines is 1. The molecule has 2 aromatic rings. The van der Waals surface area contributed by atoms with Crippen molar-refractivity contribution >= 4 is 23.4 Å². The van der Waals surface area contributed by atoms with Crippen LogP contribution in [0, 0.1) is 5.82 Å². The molecule has 0 radical (unpaired) electrons. The first-order valence-electron chi connectivity index (χ1n) is 6.38. The lowest BCUT2D eigenvalue weighted by molar-refractivity contribution is -0.115. The molecule has 110 valence electrons. The third-order valence-corrected chi connectivity index (χ3v) is 3.70. The Balaban J connectivity index is 1.99.